The SMILES string of the molecule is NC1(c2noc(-c3cccc(OC(F)(F)F)c3)n2)CCCC1. The van der Waals surface area contributed by atoms with Crippen LogP contribution in [0.15, 0.2) is 28.8 Å². The number of aromatic nitrogens is 2. The van der Waals surface area contributed by atoms with Crippen LogP contribution in [-0.2, 0) is 5.54 Å². The summed E-state index contributed by atoms with van der Waals surface area (Å²) in [5, 5.41) is 3.88. The van der Waals surface area contributed by atoms with Gasteiger partial charge < -0.3 is 15.0 Å². The van der Waals surface area contributed by atoms with Crippen LogP contribution in [0.2, 0.25) is 0 Å². The van der Waals surface area contributed by atoms with E-state index in [1.807, 2.05) is 0 Å². The molecular formula is C14H14F3N3O2. The minimum absolute atomic E-state index is 0.124. The van der Waals surface area contributed by atoms with Crippen molar-refractivity contribution in [1.29, 1.82) is 0 Å². The quantitative estimate of drug-likeness (QED) is 0.940. The van der Waals surface area contributed by atoms with Gasteiger partial charge in [-0.05, 0) is 31.0 Å². The predicted molar refractivity (Wildman–Crippen MR) is 70.8 cm³/mol. The zero-order valence-corrected chi connectivity index (χ0v) is 11.6. The normalized spacial score (nSPS) is 17.6. The molecule has 0 unspecified atom stereocenters. The van der Waals surface area contributed by atoms with Gasteiger partial charge in [0.1, 0.15) is 5.75 Å². The Morgan fingerprint density at radius 2 is 1.95 bits per heavy atom. The van der Waals surface area contributed by atoms with E-state index in [2.05, 4.69) is 14.9 Å². The summed E-state index contributed by atoms with van der Waals surface area (Å²) in [5.41, 5.74) is 5.97. The van der Waals surface area contributed by atoms with Gasteiger partial charge in [-0.2, -0.15) is 4.98 Å². The number of nitrogens with two attached hydrogens (primary N) is 1. The molecule has 118 valence electrons. The van der Waals surface area contributed by atoms with E-state index >= 15 is 0 Å². The second-order valence-electron chi connectivity index (χ2n) is 5.36. The van der Waals surface area contributed by atoms with E-state index < -0.39 is 11.9 Å². The molecule has 1 fully saturated rings. The van der Waals surface area contributed by atoms with Gasteiger partial charge >= 0.3 is 6.36 Å². The molecule has 0 radical (unpaired) electrons. The fourth-order valence-corrected chi connectivity index (χ4v) is 2.60. The Hall–Kier alpha value is -2.09. The number of rotatable bonds is 3. The Morgan fingerprint density at radius 1 is 1.23 bits per heavy atom. The van der Waals surface area contributed by atoms with Crippen molar-refractivity contribution in [1.82, 2.24) is 10.1 Å². The highest BCUT2D eigenvalue weighted by atomic mass is 19.4. The highest BCUT2D eigenvalue weighted by Crippen LogP contribution is 2.35. The summed E-state index contributed by atoms with van der Waals surface area (Å²) in [6.45, 7) is 0. The van der Waals surface area contributed by atoms with Gasteiger partial charge in [0.2, 0.25) is 0 Å². The highest BCUT2D eigenvalue weighted by molar-refractivity contribution is 5.55. The zero-order valence-electron chi connectivity index (χ0n) is 11.6. The van der Waals surface area contributed by atoms with Gasteiger partial charge in [0.05, 0.1) is 5.54 Å². The Balaban J connectivity index is 1.86. The van der Waals surface area contributed by atoms with Crippen LogP contribution in [0.1, 0.15) is 31.5 Å². The van der Waals surface area contributed by atoms with Crippen molar-refractivity contribution in [3.63, 3.8) is 0 Å². The number of halogens is 3. The van der Waals surface area contributed by atoms with Gasteiger partial charge in [-0.25, -0.2) is 0 Å². The Labute approximate surface area is 124 Å². The molecule has 0 aliphatic heterocycles. The molecule has 3 rings (SSSR count). The van der Waals surface area contributed by atoms with E-state index in [-0.39, 0.29) is 11.6 Å². The van der Waals surface area contributed by atoms with Gasteiger partial charge in [-0.15, -0.1) is 13.2 Å². The lowest BCUT2D eigenvalue weighted by molar-refractivity contribution is -0.274. The van der Waals surface area contributed by atoms with Crippen LogP contribution in [0.3, 0.4) is 0 Å². The molecule has 1 aromatic carbocycles. The summed E-state index contributed by atoms with van der Waals surface area (Å²) in [6.07, 6.45) is -1.22. The topological polar surface area (TPSA) is 74.2 Å². The van der Waals surface area contributed by atoms with Crippen molar-refractivity contribution < 1.29 is 22.4 Å². The second kappa shape index (κ2) is 5.28. The third kappa shape index (κ3) is 3.06. The van der Waals surface area contributed by atoms with Gasteiger partial charge in [-0.3, -0.25) is 0 Å². The summed E-state index contributed by atoms with van der Waals surface area (Å²) >= 11 is 0. The summed E-state index contributed by atoms with van der Waals surface area (Å²) in [7, 11) is 0. The van der Waals surface area contributed by atoms with E-state index in [9.17, 15) is 13.2 Å². The molecule has 1 aromatic heterocycles. The Morgan fingerprint density at radius 3 is 2.64 bits per heavy atom. The van der Waals surface area contributed by atoms with Crippen molar-refractivity contribution in [2.45, 2.75) is 37.6 Å². The first-order valence-corrected chi connectivity index (χ1v) is 6.85. The fraction of sp³-hybridized carbons (Fsp3) is 0.429. The molecule has 2 aromatic rings. The third-order valence-corrected chi connectivity index (χ3v) is 3.68. The zero-order chi connectivity index (χ0) is 15.8. The number of alkyl halides is 3. The lowest BCUT2D eigenvalue weighted by Gasteiger charge is -2.17. The van der Waals surface area contributed by atoms with Crippen LogP contribution in [0.4, 0.5) is 13.2 Å². The highest BCUT2D eigenvalue weighted by Gasteiger charge is 2.36. The van der Waals surface area contributed by atoms with Crippen LogP contribution in [0.5, 0.6) is 5.75 Å². The van der Waals surface area contributed by atoms with Crippen molar-refractivity contribution in [3.05, 3.63) is 30.1 Å². The van der Waals surface area contributed by atoms with Crippen LogP contribution in [0, 0.1) is 0 Å². The monoisotopic (exact) mass is 313 g/mol. The molecule has 22 heavy (non-hydrogen) atoms. The van der Waals surface area contributed by atoms with Crippen LogP contribution in [0.25, 0.3) is 11.5 Å². The van der Waals surface area contributed by atoms with E-state index in [1.54, 1.807) is 6.07 Å². The molecule has 1 aliphatic carbocycles. The molecule has 8 heteroatoms. The lowest BCUT2D eigenvalue weighted by atomic mass is 9.99. The maximum atomic E-state index is 12.2. The van der Waals surface area contributed by atoms with Crippen molar-refractivity contribution >= 4 is 0 Å². The van der Waals surface area contributed by atoms with Crippen molar-refractivity contribution in [2.24, 2.45) is 5.73 Å². The van der Waals surface area contributed by atoms with Crippen molar-refractivity contribution in [3.8, 4) is 17.2 Å². The van der Waals surface area contributed by atoms with E-state index in [4.69, 9.17) is 10.3 Å². The average molecular weight is 313 g/mol. The average Bonchev–Trinajstić information content (AvgIpc) is 3.06. The van der Waals surface area contributed by atoms with E-state index in [0.717, 1.165) is 25.7 Å². The Kier molecular flexibility index (Phi) is 3.56. The number of hydrogen-bond donors (Lipinski definition) is 1. The third-order valence-electron chi connectivity index (χ3n) is 3.68. The number of benzene rings is 1. The molecule has 0 atom stereocenters. The maximum Gasteiger partial charge on any atom is 0.573 e. The van der Waals surface area contributed by atoms with Gasteiger partial charge in [-0.1, -0.05) is 24.1 Å². The molecule has 2 N–H and O–H groups in total. The molecule has 1 saturated carbocycles. The first-order chi connectivity index (χ1) is 10.4. The number of nitrogens with zero attached hydrogens (tertiary/aromatic N) is 2. The summed E-state index contributed by atoms with van der Waals surface area (Å²) < 4.78 is 45.7. The Bertz CT molecular complexity index is 663. The molecule has 0 saturated heterocycles. The summed E-state index contributed by atoms with van der Waals surface area (Å²) in [6, 6.07) is 5.39. The van der Waals surface area contributed by atoms with Crippen molar-refractivity contribution in [2.75, 3.05) is 0 Å². The summed E-state index contributed by atoms with van der Waals surface area (Å²) in [4.78, 5) is 4.23. The number of ether oxygens (including phenoxy) is 1. The molecule has 1 aliphatic rings. The molecule has 0 spiro atoms. The maximum absolute atomic E-state index is 12.2. The van der Waals surface area contributed by atoms with Crippen LogP contribution in [-0.4, -0.2) is 16.5 Å². The second-order valence-corrected chi connectivity index (χ2v) is 5.36. The molecule has 0 amide bonds. The molecule has 5 nitrogen and oxygen atoms in total. The minimum atomic E-state index is -4.75. The van der Waals surface area contributed by atoms with E-state index in [0.29, 0.717) is 11.4 Å². The largest absolute Gasteiger partial charge is 0.573 e. The standard InChI is InChI=1S/C14H14F3N3O2/c15-14(16,17)21-10-5-3-4-9(8-10)11-19-12(20-22-11)13(18)6-1-2-7-13/h3-5,8H,1-2,6-7,18H2. The van der Waals surface area contributed by atoms with Crippen LogP contribution >= 0.6 is 0 Å². The van der Waals surface area contributed by atoms with Gasteiger partial charge in [0, 0.05) is 5.56 Å². The molecule has 1 heterocycles. The summed E-state index contributed by atoms with van der Waals surface area (Å²) in [5.74, 6) is 0.176. The fourth-order valence-electron chi connectivity index (χ4n) is 2.60. The minimum Gasteiger partial charge on any atom is -0.406 e. The van der Waals surface area contributed by atoms with Gasteiger partial charge in [0.25, 0.3) is 5.89 Å². The van der Waals surface area contributed by atoms with Crippen LogP contribution < -0.4 is 10.5 Å². The first kappa shape index (κ1) is 14.8. The smallest absolute Gasteiger partial charge is 0.406 e. The van der Waals surface area contributed by atoms with Gasteiger partial charge in [0.15, 0.2) is 5.82 Å². The number of hydrogen-bond acceptors (Lipinski definition) is 5. The molecule has 0 bridgehead atoms. The first-order valence-electron chi connectivity index (χ1n) is 6.85. The predicted octanol–water partition coefficient (Wildman–Crippen LogP) is 3.36. The van der Waals surface area contributed by atoms with E-state index in [1.165, 1.54) is 18.2 Å². The molecular weight excluding hydrogens is 299 g/mol. The lowest BCUT2D eigenvalue weighted by Crippen LogP contribution is -2.34.